The number of hydrogen-bond donors (Lipinski definition) is 0. The summed E-state index contributed by atoms with van der Waals surface area (Å²) in [6.07, 6.45) is 9.17. The summed E-state index contributed by atoms with van der Waals surface area (Å²) in [4.78, 5) is 3.00. The fourth-order valence-electron chi connectivity index (χ4n) is 3.16. The first-order chi connectivity index (χ1) is 9.84. The van der Waals surface area contributed by atoms with Crippen LogP contribution >= 0.6 is 0 Å². The molecule has 2 aromatic carbocycles. The largest absolute Gasteiger partial charge is 0.165 e. The average molecular weight is 277 g/mol. The molecule has 0 bridgehead atoms. The van der Waals surface area contributed by atoms with Gasteiger partial charge in [-0.15, -0.1) is 0 Å². The van der Waals surface area contributed by atoms with Gasteiger partial charge in [-0.05, 0) is 31.2 Å². The topological polar surface area (TPSA) is 0 Å². The Bertz CT molecular complexity index is 694. The first-order valence-electron chi connectivity index (χ1n) is 7.08. The van der Waals surface area contributed by atoms with Crippen LogP contribution in [0.4, 0.5) is 0 Å². The summed E-state index contributed by atoms with van der Waals surface area (Å²) in [5, 5.41) is 0.597. The van der Waals surface area contributed by atoms with Gasteiger partial charge in [-0.2, -0.15) is 0 Å². The van der Waals surface area contributed by atoms with E-state index in [1.54, 1.807) is 0 Å². The second-order valence-corrected chi connectivity index (χ2v) is 7.58. The van der Waals surface area contributed by atoms with Crippen LogP contribution in [0.3, 0.4) is 0 Å². The lowest BCUT2D eigenvalue weighted by atomic mass is 9.93. The zero-order chi connectivity index (χ0) is 13.5. The second kappa shape index (κ2) is 4.68. The normalized spacial score (nSPS) is 26.4. The van der Waals surface area contributed by atoms with Gasteiger partial charge in [0.1, 0.15) is 0 Å². The monoisotopic (exact) mass is 277 g/mol. The fraction of sp³-hybridized carbons (Fsp3) is 0.158. The van der Waals surface area contributed by atoms with Crippen LogP contribution in [0, 0.1) is 6.92 Å². The number of hydrogen-bond acceptors (Lipinski definition) is 0. The molecule has 0 saturated carbocycles. The Morgan fingerprint density at radius 2 is 1.60 bits per heavy atom. The Morgan fingerprint density at radius 3 is 2.45 bits per heavy atom. The minimum absolute atomic E-state index is 0.172. The summed E-state index contributed by atoms with van der Waals surface area (Å²) in [7, 11) is 0.172. The van der Waals surface area contributed by atoms with E-state index in [1.807, 2.05) is 0 Å². The maximum atomic E-state index is 2.40. The van der Waals surface area contributed by atoms with E-state index < -0.39 is 0 Å². The van der Waals surface area contributed by atoms with E-state index in [4.69, 9.17) is 0 Å². The molecular formula is C19H17S+. The molecule has 4 rings (SSSR count). The summed E-state index contributed by atoms with van der Waals surface area (Å²) < 4.78 is 0. The van der Waals surface area contributed by atoms with Gasteiger partial charge in [0.15, 0.2) is 15.0 Å². The highest BCUT2D eigenvalue weighted by atomic mass is 32.2. The molecule has 0 nitrogen and oxygen atoms in total. The van der Waals surface area contributed by atoms with E-state index in [2.05, 4.69) is 79.8 Å². The molecule has 0 fully saturated rings. The van der Waals surface area contributed by atoms with Crippen molar-refractivity contribution >= 4 is 10.9 Å². The number of allylic oxidation sites excluding steroid dienone is 3. The van der Waals surface area contributed by atoms with E-state index >= 15 is 0 Å². The molecule has 0 amide bonds. The summed E-state index contributed by atoms with van der Waals surface area (Å²) in [5.41, 5.74) is 2.85. The van der Waals surface area contributed by atoms with Gasteiger partial charge in [-0.25, -0.2) is 0 Å². The van der Waals surface area contributed by atoms with Crippen LogP contribution in [0.1, 0.15) is 17.0 Å². The van der Waals surface area contributed by atoms with E-state index in [9.17, 15) is 0 Å². The van der Waals surface area contributed by atoms with E-state index in [1.165, 1.54) is 20.9 Å². The second-order valence-electron chi connectivity index (χ2n) is 5.45. The van der Waals surface area contributed by atoms with Gasteiger partial charge in [-0.3, -0.25) is 0 Å². The standard InChI is InChI=1S/C19H17S/c1-14-10-12-15(13-11-14)20-18-8-4-2-6-16(18)17-7-3-5-9-19(17)20/h2-13,16,18H,1H3/q+1. The number of rotatable bonds is 1. The SMILES string of the molecule is Cc1ccc([S+]2c3ccccc3C3C=CC=CC32)cc1. The predicted molar refractivity (Wildman–Crippen MR) is 86.3 cm³/mol. The Hall–Kier alpha value is -1.73. The van der Waals surface area contributed by atoms with Crippen molar-refractivity contribution in [2.75, 3.05) is 0 Å². The molecule has 98 valence electrons. The molecular weight excluding hydrogens is 260 g/mol. The van der Waals surface area contributed by atoms with Crippen LogP contribution in [0.2, 0.25) is 0 Å². The molecule has 1 heterocycles. The average Bonchev–Trinajstić information content (AvgIpc) is 2.83. The Labute approximate surface area is 123 Å². The Kier molecular flexibility index (Phi) is 2.82. The van der Waals surface area contributed by atoms with Gasteiger partial charge in [-0.1, -0.05) is 54.1 Å². The lowest BCUT2D eigenvalue weighted by molar-refractivity contribution is 0.877. The van der Waals surface area contributed by atoms with Gasteiger partial charge in [0.2, 0.25) is 0 Å². The maximum Gasteiger partial charge on any atom is 0.165 e. The van der Waals surface area contributed by atoms with Crippen molar-refractivity contribution in [1.29, 1.82) is 0 Å². The highest BCUT2D eigenvalue weighted by Crippen LogP contribution is 2.47. The summed E-state index contributed by atoms with van der Waals surface area (Å²) in [6.45, 7) is 2.15. The van der Waals surface area contributed by atoms with Gasteiger partial charge in [0.05, 0.1) is 16.8 Å². The number of fused-ring (bicyclic) bond motifs is 3. The lowest BCUT2D eigenvalue weighted by Gasteiger charge is -2.14. The third-order valence-corrected chi connectivity index (χ3v) is 6.77. The van der Waals surface area contributed by atoms with E-state index in [0.717, 1.165) is 0 Å². The van der Waals surface area contributed by atoms with Gasteiger partial charge >= 0.3 is 0 Å². The summed E-state index contributed by atoms with van der Waals surface area (Å²) >= 11 is 0. The van der Waals surface area contributed by atoms with E-state index in [-0.39, 0.29) is 10.9 Å². The quantitative estimate of drug-likeness (QED) is 0.667. The third-order valence-electron chi connectivity index (χ3n) is 4.15. The molecule has 2 aliphatic rings. The molecule has 1 aliphatic heterocycles. The highest BCUT2D eigenvalue weighted by molar-refractivity contribution is 7.98. The maximum absolute atomic E-state index is 2.40. The van der Waals surface area contributed by atoms with Crippen molar-refractivity contribution in [2.45, 2.75) is 27.9 Å². The van der Waals surface area contributed by atoms with Gasteiger partial charge in [0, 0.05) is 5.56 Å². The Morgan fingerprint density at radius 1 is 0.850 bits per heavy atom. The van der Waals surface area contributed by atoms with Crippen molar-refractivity contribution in [1.82, 2.24) is 0 Å². The zero-order valence-electron chi connectivity index (χ0n) is 11.5. The first-order valence-corrected chi connectivity index (χ1v) is 8.37. The molecule has 0 radical (unpaired) electrons. The highest BCUT2D eigenvalue weighted by Gasteiger charge is 2.48. The van der Waals surface area contributed by atoms with Crippen LogP contribution in [0.15, 0.2) is 82.6 Å². The van der Waals surface area contributed by atoms with Gasteiger partial charge in [0.25, 0.3) is 0 Å². The van der Waals surface area contributed by atoms with Crippen LogP contribution < -0.4 is 0 Å². The molecule has 3 atom stereocenters. The molecule has 3 unspecified atom stereocenters. The minimum Gasteiger partial charge on any atom is -0.0715 e. The molecule has 2 aromatic rings. The summed E-state index contributed by atoms with van der Waals surface area (Å²) in [5.74, 6) is 0.556. The smallest absolute Gasteiger partial charge is 0.0715 e. The summed E-state index contributed by atoms with van der Waals surface area (Å²) in [6, 6.07) is 18.1. The Balaban J connectivity index is 1.88. The van der Waals surface area contributed by atoms with Gasteiger partial charge < -0.3 is 0 Å². The van der Waals surface area contributed by atoms with Crippen molar-refractivity contribution < 1.29 is 0 Å². The van der Waals surface area contributed by atoms with Crippen LogP contribution in [-0.4, -0.2) is 5.25 Å². The zero-order valence-corrected chi connectivity index (χ0v) is 12.3. The van der Waals surface area contributed by atoms with Crippen molar-refractivity contribution in [2.24, 2.45) is 0 Å². The minimum atomic E-state index is 0.172. The molecule has 0 saturated heterocycles. The molecule has 1 heteroatoms. The molecule has 20 heavy (non-hydrogen) atoms. The molecule has 0 spiro atoms. The third kappa shape index (κ3) is 1.77. The van der Waals surface area contributed by atoms with E-state index in [0.29, 0.717) is 11.2 Å². The number of benzene rings is 2. The van der Waals surface area contributed by atoms with Crippen molar-refractivity contribution in [3.8, 4) is 0 Å². The molecule has 1 aliphatic carbocycles. The molecule has 0 N–H and O–H groups in total. The fourth-order valence-corrected chi connectivity index (χ4v) is 5.92. The van der Waals surface area contributed by atoms with Crippen LogP contribution in [0.5, 0.6) is 0 Å². The lowest BCUT2D eigenvalue weighted by Crippen LogP contribution is -2.19. The first kappa shape index (κ1) is 12.0. The van der Waals surface area contributed by atoms with Crippen molar-refractivity contribution in [3.05, 3.63) is 84.0 Å². The number of aryl methyl sites for hydroxylation is 1. The molecule has 0 aromatic heterocycles. The van der Waals surface area contributed by atoms with Crippen LogP contribution in [0.25, 0.3) is 0 Å². The van der Waals surface area contributed by atoms with Crippen molar-refractivity contribution in [3.63, 3.8) is 0 Å². The van der Waals surface area contributed by atoms with Crippen LogP contribution in [-0.2, 0) is 10.9 Å². The predicted octanol–water partition coefficient (Wildman–Crippen LogP) is 4.62.